The van der Waals surface area contributed by atoms with E-state index in [1.807, 2.05) is 45.9 Å². The molecule has 3 heterocycles. The normalized spacial score (nSPS) is 18.7. The molecule has 1 fully saturated rings. The number of carbonyl (C=O) groups excluding carboxylic acids is 1. The number of rotatable bonds is 6. The number of carbonyl (C=O) groups is 1. The summed E-state index contributed by atoms with van der Waals surface area (Å²) >= 11 is 1.40. The minimum Gasteiger partial charge on any atom is -0.495 e. The first-order valence-electron chi connectivity index (χ1n) is 10.5. The van der Waals surface area contributed by atoms with Crippen molar-refractivity contribution in [3.63, 3.8) is 0 Å². The number of ether oxygens (including phenoxy) is 1. The van der Waals surface area contributed by atoms with Gasteiger partial charge in [-0.2, -0.15) is 0 Å². The van der Waals surface area contributed by atoms with Gasteiger partial charge in [0.2, 0.25) is 5.91 Å². The monoisotopic (exact) mass is 437 g/mol. The van der Waals surface area contributed by atoms with E-state index in [2.05, 4.69) is 29.0 Å². The summed E-state index contributed by atoms with van der Waals surface area (Å²) in [5, 5.41) is 9.50. The molecular weight excluding hydrogens is 410 g/mol. The number of pyridine rings is 1. The van der Waals surface area contributed by atoms with Crippen LogP contribution in [-0.4, -0.2) is 55.5 Å². The third-order valence-corrected chi connectivity index (χ3v) is 6.60. The summed E-state index contributed by atoms with van der Waals surface area (Å²) in [5.74, 6) is 1.82. The molecule has 0 N–H and O–H groups in total. The van der Waals surface area contributed by atoms with Crippen LogP contribution in [-0.2, 0) is 4.79 Å². The minimum atomic E-state index is 0.141. The first-order chi connectivity index (χ1) is 15.1. The Balaban J connectivity index is 1.67. The van der Waals surface area contributed by atoms with Crippen molar-refractivity contribution >= 4 is 17.7 Å². The second kappa shape index (κ2) is 9.51. The Morgan fingerprint density at radius 3 is 2.61 bits per heavy atom. The van der Waals surface area contributed by atoms with E-state index in [4.69, 9.17) is 4.74 Å². The predicted octanol–water partition coefficient (Wildman–Crippen LogP) is 4.22. The Kier molecular flexibility index (Phi) is 6.56. The molecule has 0 spiro atoms. The van der Waals surface area contributed by atoms with Crippen molar-refractivity contribution in [3.8, 4) is 22.8 Å². The van der Waals surface area contributed by atoms with E-state index in [9.17, 15) is 4.79 Å². The number of hydrogen-bond donors (Lipinski definition) is 0. The maximum atomic E-state index is 13.1. The van der Waals surface area contributed by atoms with E-state index in [1.54, 1.807) is 19.5 Å². The molecule has 8 heteroatoms. The van der Waals surface area contributed by atoms with Gasteiger partial charge in [0.1, 0.15) is 5.75 Å². The van der Waals surface area contributed by atoms with E-state index in [-0.39, 0.29) is 18.0 Å². The highest BCUT2D eigenvalue weighted by atomic mass is 32.2. The third kappa shape index (κ3) is 4.44. The zero-order valence-corrected chi connectivity index (χ0v) is 18.9. The molecule has 1 aliphatic heterocycles. The van der Waals surface area contributed by atoms with Gasteiger partial charge in [0.15, 0.2) is 11.0 Å². The molecule has 31 heavy (non-hydrogen) atoms. The van der Waals surface area contributed by atoms with Gasteiger partial charge < -0.3 is 9.64 Å². The van der Waals surface area contributed by atoms with Crippen molar-refractivity contribution in [3.05, 3.63) is 48.8 Å². The van der Waals surface area contributed by atoms with Crippen LogP contribution in [0.1, 0.15) is 33.1 Å². The Bertz CT molecular complexity index is 1030. The van der Waals surface area contributed by atoms with E-state index in [0.29, 0.717) is 22.5 Å². The van der Waals surface area contributed by atoms with Crippen LogP contribution < -0.4 is 4.74 Å². The Morgan fingerprint density at radius 2 is 1.90 bits per heavy atom. The third-order valence-electron chi connectivity index (χ3n) is 5.69. The highest BCUT2D eigenvalue weighted by molar-refractivity contribution is 7.99. The molecule has 1 amide bonds. The summed E-state index contributed by atoms with van der Waals surface area (Å²) < 4.78 is 7.53. The number of nitrogens with zero attached hydrogens (tertiary/aromatic N) is 5. The summed E-state index contributed by atoms with van der Waals surface area (Å²) in [7, 11) is 1.64. The van der Waals surface area contributed by atoms with Crippen LogP contribution in [0.4, 0.5) is 0 Å². The molecular formula is C23H27N5O2S. The van der Waals surface area contributed by atoms with Crippen molar-refractivity contribution in [1.29, 1.82) is 0 Å². The number of para-hydroxylation sites is 2. The summed E-state index contributed by atoms with van der Waals surface area (Å²) in [6.45, 7) is 4.27. The topological polar surface area (TPSA) is 73.1 Å². The molecule has 1 aliphatic rings. The van der Waals surface area contributed by atoms with Crippen molar-refractivity contribution in [2.24, 2.45) is 0 Å². The van der Waals surface area contributed by atoms with Crippen molar-refractivity contribution in [2.45, 2.75) is 50.4 Å². The second-order valence-electron chi connectivity index (χ2n) is 7.77. The lowest BCUT2D eigenvalue weighted by molar-refractivity contribution is -0.134. The van der Waals surface area contributed by atoms with Gasteiger partial charge in [0, 0.05) is 30.0 Å². The van der Waals surface area contributed by atoms with E-state index < -0.39 is 0 Å². The van der Waals surface area contributed by atoms with Gasteiger partial charge in [0.05, 0.1) is 18.6 Å². The summed E-state index contributed by atoms with van der Waals surface area (Å²) in [5.41, 5.74) is 1.67. The van der Waals surface area contributed by atoms with Crippen LogP contribution in [0, 0.1) is 0 Å². The molecule has 0 bridgehead atoms. The van der Waals surface area contributed by atoms with E-state index in [1.165, 1.54) is 18.2 Å². The molecule has 1 saturated heterocycles. The fourth-order valence-corrected chi connectivity index (χ4v) is 5.00. The average Bonchev–Trinajstić information content (AvgIpc) is 3.22. The van der Waals surface area contributed by atoms with Gasteiger partial charge in [-0.25, -0.2) is 0 Å². The molecule has 3 aromatic rings. The molecule has 0 aliphatic carbocycles. The fraction of sp³-hybridized carbons (Fsp3) is 0.391. The van der Waals surface area contributed by atoms with Gasteiger partial charge in [0.25, 0.3) is 0 Å². The molecule has 1 aromatic carbocycles. The highest BCUT2D eigenvalue weighted by Crippen LogP contribution is 2.33. The zero-order valence-electron chi connectivity index (χ0n) is 18.1. The summed E-state index contributed by atoms with van der Waals surface area (Å²) in [4.78, 5) is 19.3. The van der Waals surface area contributed by atoms with Crippen molar-refractivity contribution in [2.75, 3.05) is 12.9 Å². The number of piperidine rings is 1. The molecule has 0 radical (unpaired) electrons. The SMILES string of the molecule is COc1ccccc1-n1c(SCC(=O)N2[C@@H](C)CCC[C@@H]2C)nnc1-c1cccnc1. The molecule has 2 atom stereocenters. The average molecular weight is 438 g/mol. The number of hydrogen-bond acceptors (Lipinski definition) is 6. The number of amides is 1. The van der Waals surface area contributed by atoms with Crippen molar-refractivity contribution in [1.82, 2.24) is 24.6 Å². The van der Waals surface area contributed by atoms with Crippen LogP contribution >= 0.6 is 11.8 Å². The van der Waals surface area contributed by atoms with Gasteiger partial charge >= 0.3 is 0 Å². The number of methoxy groups -OCH3 is 1. The maximum absolute atomic E-state index is 13.1. The van der Waals surface area contributed by atoms with E-state index in [0.717, 1.165) is 24.1 Å². The van der Waals surface area contributed by atoms with Crippen LogP contribution in [0.15, 0.2) is 53.9 Å². The van der Waals surface area contributed by atoms with Gasteiger partial charge in [-0.3, -0.25) is 14.3 Å². The van der Waals surface area contributed by atoms with Gasteiger partial charge in [-0.15, -0.1) is 10.2 Å². The maximum Gasteiger partial charge on any atom is 0.233 e. The largest absolute Gasteiger partial charge is 0.495 e. The lowest BCUT2D eigenvalue weighted by atomic mass is 9.98. The minimum absolute atomic E-state index is 0.141. The van der Waals surface area contributed by atoms with Crippen LogP contribution in [0.2, 0.25) is 0 Å². The number of likely N-dealkylation sites (tertiary alicyclic amines) is 1. The molecule has 7 nitrogen and oxygen atoms in total. The first-order valence-corrected chi connectivity index (χ1v) is 11.5. The predicted molar refractivity (Wildman–Crippen MR) is 121 cm³/mol. The standard InChI is InChI=1S/C23H27N5O2S/c1-16-8-6-9-17(2)27(16)21(29)15-31-23-26-25-22(18-10-7-13-24-14-18)28(23)19-11-4-5-12-20(19)30-3/h4-5,7,10-14,16-17H,6,8-9,15H2,1-3H3/t16-,17-/m0/s1. The summed E-state index contributed by atoms with van der Waals surface area (Å²) in [6.07, 6.45) is 6.78. The van der Waals surface area contributed by atoms with Crippen molar-refractivity contribution < 1.29 is 9.53 Å². The fourth-order valence-electron chi connectivity index (χ4n) is 4.19. The highest BCUT2D eigenvalue weighted by Gasteiger charge is 2.29. The van der Waals surface area contributed by atoms with E-state index >= 15 is 0 Å². The van der Waals surface area contributed by atoms with Gasteiger partial charge in [-0.1, -0.05) is 23.9 Å². The Hall–Kier alpha value is -2.87. The van der Waals surface area contributed by atoms with Crippen LogP contribution in [0.5, 0.6) is 5.75 Å². The second-order valence-corrected chi connectivity index (χ2v) is 8.72. The molecule has 0 unspecified atom stereocenters. The Morgan fingerprint density at radius 1 is 1.13 bits per heavy atom. The number of benzene rings is 1. The smallest absolute Gasteiger partial charge is 0.233 e. The Labute approximate surface area is 186 Å². The number of thioether (sulfide) groups is 1. The van der Waals surface area contributed by atoms with Gasteiger partial charge in [-0.05, 0) is 57.4 Å². The first kappa shape index (κ1) is 21.4. The molecule has 162 valence electrons. The zero-order chi connectivity index (χ0) is 21.8. The van der Waals surface area contributed by atoms with Crippen LogP contribution in [0.3, 0.4) is 0 Å². The molecule has 4 rings (SSSR count). The molecule has 0 saturated carbocycles. The summed E-state index contributed by atoms with van der Waals surface area (Å²) in [6, 6.07) is 12.1. The lowest BCUT2D eigenvalue weighted by Crippen LogP contribution is -2.48. The molecule has 2 aromatic heterocycles. The lowest BCUT2D eigenvalue weighted by Gasteiger charge is -2.39. The number of aromatic nitrogens is 4. The quantitative estimate of drug-likeness (QED) is 0.538. The van der Waals surface area contributed by atoms with Crippen LogP contribution in [0.25, 0.3) is 17.1 Å².